The molecular formula is C29H23F7N2O2. The van der Waals surface area contributed by atoms with Crippen LogP contribution in [0.4, 0.5) is 30.7 Å². The second kappa shape index (κ2) is 10.3. The van der Waals surface area contributed by atoms with E-state index in [4.69, 9.17) is 4.74 Å². The van der Waals surface area contributed by atoms with Crippen LogP contribution in [0.1, 0.15) is 53.2 Å². The molecule has 1 aromatic heterocycles. The average Bonchev–Trinajstić information content (AvgIpc) is 3.26. The zero-order valence-electron chi connectivity index (χ0n) is 21.0. The SMILES string of the molecule is CC(O[C@H]1CN2C(=O)C=C(c3cccnc3)C[C@H]2C1c1ccc(F)cc1)c1cc(C(F)(F)F)cc(C(F)(F)F)c1. The van der Waals surface area contributed by atoms with Gasteiger partial charge in [0, 0.05) is 37.0 Å². The van der Waals surface area contributed by atoms with Gasteiger partial charge in [0.25, 0.3) is 0 Å². The molecule has 40 heavy (non-hydrogen) atoms. The summed E-state index contributed by atoms with van der Waals surface area (Å²) in [6, 6.07) is 10.0. The fraction of sp³-hybridized carbons (Fsp3) is 0.310. The molecule has 210 valence electrons. The molecule has 0 saturated carbocycles. The average molecular weight is 565 g/mol. The van der Waals surface area contributed by atoms with Crippen molar-refractivity contribution < 1.29 is 40.3 Å². The molecule has 1 amide bonds. The van der Waals surface area contributed by atoms with Crippen LogP contribution in [0.2, 0.25) is 0 Å². The molecule has 11 heteroatoms. The molecule has 4 nitrogen and oxygen atoms in total. The normalized spacial score (nSPS) is 22.2. The zero-order valence-corrected chi connectivity index (χ0v) is 21.0. The van der Waals surface area contributed by atoms with Crippen LogP contribution in [0.5, 0.6) is 0 Å². The van der Waals surface area contributed by atoms with E-state index in [1.807, 2.05) is 6.07 Å². The lowest BCUT2D eigenvalue weighted by Gasteiger charge is -2.32. The number of ether oxygens (including phenoxy) is 1. The number of alkyl halides is 6. The lowest BCUT2D eigenvalue weighted by molar-refractivity contribution is -0.143. The van der Waals surface area contributed by atoms with Gasteiger partial charge >= 0.3 is 12.4 Å². The Bertz CT molecular complexity index is 1390. The van der Waals surface area contributed by atoms with Crippen molar-refractivity contribution in [1.82, 2.24) is 9.88 Å². The predicted octanol–water partition coefficient (Wildman–Crippen LogP) is 7.19. The molecule has 3 heterocycles. The second-order valence-electron chi connectivity index (χ2n) is 9.91. The number of benzene rings is 2. The first kappa shape index (κ1) is 27.8. The maximum atomic E-state index is 13.8. The van der Waals surface area contributed by atoms with Crippen LogP contribution >= 0.6 is 0 Å². The number of rotatable bonds is 5. The lowest BCUT2D eigenvalue weighted by atomic mass is 9.84. The summed E-state index contributed by atoms with van der Waals surface area (Å²) < 4.78 is 101. The van der Waals surface area contributed by atoms with E-state index >= 15 is 0 Å². The minimum absolute atomic E-state index is 0.0534. The van der Waals surface area contributed by atoms with Crippen LogP contribution < -0.4 is 0 Å². The topological polar surface area (TPSA) is 42.4 Å². The maximum absolute atomic E-state index is 13.8. The molecule has 5 rings (SSSR count). The molecule has 0 bridgehead atoms. The number of fused-ring (bicyclic) bond motifs is 1. The zero-order chi connectivity index (χ0) is 28.8. The Morgan fingerprint density at radius 3 is 2.20 bits per heavy atom. The van der Waals surface area contributed by atoms with Crippen LogP contribution in [-0.4, -0.2) is 34.5 Å². The van der Waals surface area contributed by atoms with E-state index in [1.165, 1.54) is 25.1 Å². The van der Waals surface area contributed by atoms with Crippen LogP contribution in [0.3, 0.4) is 0 Å². The summed E-state index contributed by atoms with van der Waals surface area (Å²) >= 11 is 0. The Hall–Kier alpha value is -3.73. The Morgan fingerprint density at radius 1 is 0.975 bits per heavy atom. The number of nitrogens with zero attached hydrogens (tertiary/aromatic N) is 2. The minimum atomic E-state index is -5.00. The van der Waals surface area contributed by atoms with Gasteiger partial charge in [-0.1, -0.05) is 18.2 Å². The summed E-state index contributed by atoms with van der Waals surface area (Å²) in [5.41, 5.74) is -1.07. The highest BCUT2D eigenvalue weighted by atomic mass is 19.4. The van der Waals surface area contributed by atoms with Gasteiger partial charge in [-0.25, -0.2) is 4.39 Å². The lowest BCUT2D eigenvalue weighted by Crippen LogP contribution is -2.39. The van der Waals surface area contributed by atoms with E-state index < -0.39 is 53.5 Å². The summed E-state index contributed by atoms with van der Waals surface area (Å²) in [4.78, 5) is 18.8. The quantitative estimate of drug-likeness (QED) is 0.308. The molecule has 2 aliphatic rings. The van der Waals surface area contributed by atoms with Gasteiger partial charge in [-0.2, -0.15) is 26.3 Å². The number of aromatic nitrogens is 1. The van der Waals surface area contributed by atoms with Crippen LogP contribution in [0, 0.1) is 5.82 Å². The van der Waals surface area contributed by atoms with Crippen molar-refractivity contribution >= 4 is 11.5 Å². The number of amides is 1. The smallest absolute Gasteiger partial charge is 0.368 e. The predicted molar refractivity (Wildman–Crippen MR) is 131 cm³/mol. The number of carbonyl (C=O) groups excluding carboxylic acids is 1. The Kier molecular flexibility index (Phi) is 7.20. The third kappa shape index (κ3) is 5.60. The van der Waals surface area contributed by atoms with Crippen molar-refractivity contribution in [3.63, 3.8) is 0 Å². The number of hydrogen-bond donors (Lipinski definition) is 0. The summed E-state index contributed by atoms with van der Waals surface area (Å²) in [5, 5.41) is 0. The molecular weight excluding hydrogens is 541 g/mol. The summed E-state index contributed by atoms with van der Waals surface area (Å²) in [6.07, 6.45) is -6.86. The van der Waals surface area contributed by atoms with Crippen molar-refractivity contribution in [3.05, 3.63) is 107 Å². The van der Waals surface area contributed by atoms with Crippen LogP contribution in [0.15, 0.2) is 73.1 Å². The van der Waals surface area contributed by atoms with Gasteiger partial charge < -0.3 is 9.64 Å². The molecule has 3 aromatic rings. The number of carbonyl (C=O) groups is 1. The van der Waals surface area contributed by atoms with E-state index in [1.54, 1.807) is 35.5 Å². The maximum Gasteiger partial charge on any atom is 0.416 e. The molecule has 0 spiro atoms. The Morgan fingerprint density at radius 2 is 1.62 bits per heavy atom. The van der Waals surface area contributed by atoms with Crippen molar-refractivity contribution in [1.29, 1.82) is 0 Å². The van der Waals surface area contributed by atoms with E-state index in [2.05, 4.69) is 4.98 Å². The molecule has 4 atom stereocenters. The van der Waals surface area contributed by atoms with Crippen molar-refractivity contribution in [2.75, 3.05) is 6.54 Å². The van der Waals surface area contributed by atoms with Crippen LogP contribution in [0.25, 0.3) is 5.57 Å². The summed E-state index contributed by atoms with van der Waals surface area (Å²) in [5.74, 6) is -1.32. The van der Waals surface area contributed by atoms with Gasteiger partial charge in [-0.3, -0.25) is 9.78 Å². The van der Waals surface area contributed by atoms with Crippen molar-refractivity contribution in [2.45, 2.75) is 49.9 Å². The van der Waals surface area contributed by atoms with Gasteiger partial charge in [0.15, 0.2) is 0 Å². The molecule has 2 aromatic carbocycles. The summed E-state index contributed by atoms with van der Waals surface area (Å²) in [6.45, 7) is 1.42. The third-order valence-electron chi connectivity index (χ3n) is 7.35. The fourth-order valence-corrected chi connectivity index (χ4v) is 5.45. The molecule has 0 radical (unpaired) electrons. The Balaban J connectivity index is 1.49. The fourth-order valence-electron chi connectivity index (χ4n) is 5.45. The van der Waals surface area contributed by atoms with E-state index in [-0.39, 0.29) is 24.1 Å². The van der Waals surface area contributed by atoms with E-state index in [9.17, 15) is 35.5 Å². The van der Waals surface area contributed by atoms with Gasteiger partial charge in [0.1, 0.15) is 5.82 Å². The highest BCUT2D eigenvalue weighted by Gasteiger charge is 2.48. The van der Waals surface area contributed by atoms with E-state index in [0.717, 1.165) is 11.1 Å². The molecule has 0 N–H and O–H groups in total. The first-order valence-corrected chi connectivity index (χ1v) is 12.4. The standard InChI is InChI=1S/C29H23F7N2O2/c1-16(19-9-21(28(31,32)33)13-22(10-19)29(34,35)36)40-25-15-38-24(27(25)17-4-6-23(30)7-5-17)11-20(12-26(38)39)18-3-2-8-37-14-18/h2-10,12-14,16,24-25,27H,11,15H2,1H3/t16?,24-,25-,27?/m0/s1. The number of halogens is 7. The van der Waals surface area contributed by atoms with Crippen LogP contribution in [-0.2, 0) is 21.9 Å². The minimum Gasteiger partial charge on any atom is -0.368 e. The largest absolute Gasteiger partial charge is 0.416 e. The summed E-state index contributed by atoms with van der Waals surface area (Å²) in [7, 11) is 0. The van der Waals surface area contributed by atoms with Gasteiger partial charge in [-0.05, 0) is 72.0 Å². The molecule has 2 aliphatic heterocycles. The van der Waals surface area contributed by atoms with Gasteiger partial charge in [-0.15, -0.1) is 0 Å². The monoisotopic (exact) mass is 564 g/mol. The highest BCUT2D eigenvalue weighted by Crippen LogP contribution is 2.45. The second-order valence-corrected chi connectivity index (χ2v) is 9.91. The number of pyridine rings is 1. The molecule has 1 fully saturated rings. The highest BCUT2D eigenvalue weighted by molar-refractivity contribution is 5.97. The van der Waals surface area contributed by atoms with Gasteiger partial charge in [0.05, 0.1) is 23.3 Å². The first-order chi connectivity index (χ1) is 18.8. The van der Waals surface area contributed by atoms with E-state index in [0.29, 0.717) is 24.1 Å². The number of hydrogen-bond acceptors (Lipinski definition) is 3. The molecule has 1 saturated heterocycles. The first-order valence-electron chi connectivity index (χ1n) is 12.4. The van der Waals surface area contributed by atoms with Gasteiger partial charge in [0.2, 0.25) is 5.91 Å². The molecule has 2 unspecified atom stereocenters. The molecule has 0 aliphatic carbocycles. The third-order valence-corrected chi connectivity index (χ3v) is 7.35. The Labute approximate surface area is 225 Å². The van der Waals surface area contributed by atoms with Crippen molar-refractivity contribution in [2.24, 2.45) is 0 Å². The van der Waals surface area contributed by atoms with Crippen molar-refractivity contribution in [3.8, 4) is 0 Å².